The van der Waals surface area contributed by atoms with E-state index in [-0.39, 0.29) is 37.4 Å². The first-order valence-electron chi connectivity index (χ1n) is 15.4. The molecule has 4 rings (SSSR count). The molecular weight excluding hydrogens is 638 g/mol. The summed E-state index contributed by atoms with van der Waals surface area (Å²) in [5, 5.41) is 3.27. The first-order chi connectivity index (χ1) is 21.0. The van der Waals surface area contributed by atoms with Crippen LogP contribution in [0.5, 0.6) is 0 Å². The lowest BCUT2D eigenvalue weighted by atomic mass is 9.94. The fraction of sp³-hybridized carbons (Fsp3) is 0.429. The Kier molecular flexibility index (Phi) is 12.0. The van der Waals surface area contributed by atoms with Gasteiger partial charge in [0.2, 0.25) is 21.8 Å². The van der Waals surface area contributed by atoms with Gasteiger partial charge in [0.05, 0.1) is 11.9 Å². The van der Waals surface area contributed by atoms with E-state index in [0.29, 0.717) is 18.5 Å². The summed E-state index contributed by atoms with van der Waals surface area (Å²) in [4.78, 5) is 29.7. The third-order valence-electron chi connectivity index (χ3n) is 8.42. The first-order valence-corrected chi connectivity index (χ1v) is 18.1. The van der Waals surface area contributed by atoms with E-state index in [1.165, 1.54) is 17.0 Å². The van der Waals surface area contributed by atoms with E-state index in [4.69, 9.17) is 0 Å². The highest BCUT2D eigenvalue weighted by molar-refractivity contribution is 9.10. The zero-order chi connectivity index (χ0) is 31.7. The lowest BCUT2D eigenvalue weighted by molar-refractivity contribution is -0.141. The van der Waals surface area contributed by atoms with E-state index in [9.17, 15) is 18.0 Å². The lowest BCUT2D eigenvalue weighted by Gasteiger charge is -2.34. The van der Waals surface area contributed by atoms with Crippen LogP contribution in [0.4, 0.5) is 5.69 Å². The van der Waals surface area contributed by atoms with E-state index in [0.717, 1.165) is 52.4 Å². The average Bonchev–Trinajstić information content (AvgIpc) is 3.00. The molecule has 0 spiro atoms. The van der Waals surface area contributed by atoms with Crippen LogP contribution in [-0.2, 0) is 32.6 Å². The predicted molar refractivity (Wildman–Crippen MR) is 181 cm³/mol. The number of nitrogens with one attached hydrogen (secondary N) is 1. The topological polar surface area (TPSA) is 86.8 Å². The first kappa shape index (κ1) is 33.7. The smallest absolute Gasteiger partial charge is 0.243 e. The summed E-state index contributed by atoms with van der Waals surface area (Å²) < 4.78 is 27.8. The molecule has 1 saturated carbocycles. The van der Waals surface area contributed by atoms with Crippen LogP contribution in [0.15, 0.2) is 77.3 Å². The van der Waals surface area contributed by atoms with Crippen LogP contribution in [0, 0.1) is 13.8 Å². The van der Waals surface area contributed by atoms with Gasteiger partial charge in [0.15, 0.2) is 0 Å². The van der Waals surface area contributed by atoms with Crippen molar-refractivity contribution in [1.29, 1.82) is 0 Å². The highest BCUT2D eigenvalue weighted by Crippen LogP contribution is 2.24. The Morgan fingerprint density at radius 1 is 0.909 bits per heavy atom. The number of carbonyl (C=O) groups is 2. The van der Waals surface area contributed by atoms with Crippen molar-refractivity contribution in [1.82, 2.24) is 10.2 Å². The number of halogens is 1. The van der Waals surface area contributed by atoms with Crippen molar-refractivity contribution in [3.63, 3.8) is 0 Å². The molecule has 0 unspecified atom stereocenters. The third-order valence-corrected chi connectivity index (χ3v) is 10.1. The third kappa shape index (κ3) is 9.66. The second-order valence-corrected chi connectivity index (χ2v) is 14.7. The Morgan fingerprint density at radius 3 is 2.23 bits per heavy atom. The lowest BCUT2D eigenvalue weighted by Crippen LogP contribution is -2.52. The SMILES string of the molecule is Cc1ccc(N(CCCC(=O)N(Cc2ccc(Br)cc2)[C@H](Cc2ccccc2)C(=O)NC2CCCCC2)S(C)(=O)=O)cc1C. The summed E-state index contributed by atoms with van der Waals surface area (Å²) >= 11 is 3.49. The van der Waals surface area contributed by atoms with Crippen LogP contribution in [-0.4, -0.2) is 50.0 Å². The maximum absolute atomic E-state index is 14.1. The summed E-state index contributed by atoms with van der Waals surface area (Å²) in [5.41, 5.74) is 4.56. The van der Waals surface area contributed by atoms with E-state index in [1.54, 1.807) is 11.0 Å². The van der Waals surface area contributed by atoms with Gasteiger partial charge < -0.3 is 10.2 Å². The second-order valence-electron chi connectivity index (χ2n) is 11.9. The summed E-state index contributed by atoms with van der Waals surface area (Å²) in [6.07, 6.45) is 7.26. The van der Waals surface area contributed by atoms with Gasteiger partial charge in [-0.25, -0.2) is 8.42 Å². The number of rotatable bonds is 13. The molecule has 1 atom stereocenters. The number of amides is 2. The fourth-order valence-corrected chi connectivity index (χ4v) is 6.99. The Labute approximate surface area is 271 Å². The molecule has 1 N–H and O–H groups in total. The summed E-state index contributed by atoms with van der Waals surface area (Å²) in [6, 6.07) is 22.5. The largest absolute Gasteiger partial charge is 0.352 e. The van der Waals surface area contributed by atoms with E-state index < -0.39 is 16.1 Å². The molecule has 1 fully saturated rings. The van der Waals surface area contributed by atoms with Crippen LogP contribution >= 0.6 is 15.9 Å². The monoisotopic (exact) mass is 681 g/mol. The van der Waals surface area contributed by atoms with Crippen molar-refractivity contribution in [2.45, 2.75) is 83.8 Å². The number of sulfonamides is 1. The molecule has 3 aromatic carbocycles. The standard InChI is InChI=1S/C35H44BrN3O4S/c1-26-16-21-32(23-27(26)2)39(44(3,42)43)22-10-15-34(40)38(25-29-17-19-30(36)20-18-29)33(24-28-11-6-4-7-12-28)35(41)37-31-13-8-5-9-14-31/h4,6-7,11-12,16-21,23,31,33H,5,8-10,13-15,22,24-25H2,1-3H3,(H,37,41)/t33-/m1/s1. The summed E-state index contributed by atoms with van der Waals surface area (Å²) in [6.45, 7) is 4.37. The second kappa shape index (κ2) is 15.7. The molecule has 236 valence electrons. The molecule has 0 bridgehead atoms. The molecular formula is C35H44BrN3O4S. The van der Waals surface area contributed by atoms with Crippen LogP contribution < -0.4 is 9.62 Å². The number of aryl methyl sites for hydroxylation is 2. The van der Waals surface area contributed by atoms with Gasteiger partial charge >= 0.3 is 0 Å². The van der Waals surface area contributed by atoms with Crippen molar-refractivity contribution in [3.8, 4) is 0 Å². The van der Waals surface area contributed by atoms with Gasteiger partial charge in [0, 0.05) is 36.4 Å². The van der Waals surface area contributed by atoms with E-state index >= 15 is 0 Å². The minimum Gasteiger partial charge on any atom is -0.352 e. The molecule has 0 radical (unpaired) electrons. The fourth-order valence-electron chi connectivity index (χ4n) is 5.77. The minimum absolute atomic E-state index is 0.107. The summed E-state index contributed by atoms with van der Waals surface area (Å²) in [5.74, 6) is -0.319. The van der Waals surface area contributed by atoms with Crippen LogP contribution in [0.25, 0.3) is 0 Å². The molecule has 7 nitrogen and oxygen atoms in total. The Morgan fingerprint density at radius 2 is 1.59 bits per heavy atom. The van der Waals surface area contributed by atoms with E-state index in [1.807, 2.05) is 80.6 Å². The molecule has 0 aromatic heterocycles. The molecule has 2 amide bonds. The molecule has 0 aliphatic heterocycles. The highest BCUT2D eigenvalue weighted by Gasteiger charge is 2.32. The van der Waals surface area contributed by atoms with Crippen LogP contribution in [0.2, 0.25) is 0 Å². The normalized spacial score (nSPS) is 14.5. The van der Waals surface area contributed by atoms with Gasteiger partial charge in [0.1, 0.15) is 6.04 Å². The van der Waals surface area contributed by atoms with Gasteiger partial charge in [-0.15, -0.1) is 0 Å². The molecule has 9 heteroatoms. The number of nitrogens with zero attached hydrogens (tertiary/aromatic N) is 2. The van der Waals surface area contributed by atoms with Gasteiger partial charge in [-0.05, 0) is 79.6 Å². The van der Waals surface area contributed by atoms with Crippen molar-refractivity contribution in [2.75, 3.05) is 17.1 Å². The molecule has 1 aliphatic rings. The maximum atomic E-state index is 14.1. The van der Waals surface area contributed by atoms with Crippen LogP contribution in [0.1, 0.15) is 67.2 Å². The summed E-state index contributed by atoms with van der Waals surface area (Å²) in [7, 11) is -3.57. The van der Waals surface area contributed by atoms with Crippen molar-refractivity contribution >= 4 is 43.5 Å². The highest BCUT2D eigenvalue weighted by atomic mass is 79.9. The maximum Gasteiger partial charge on any atom is 0.243 e. The minimum atomic E-state index is -3.57. The Hall–Kier alpha value is -3.17. The van der Waals surface area contributed by atoms with Crippen LogP contribution in [0.3, 0.4) is 0 Å². The van der Waals surface area contributed by atoms with Crippen molar-refractivity contribution in [2.24, 2.45) is 0 Å². The van der Waals surface area contributed by atoms with Gasteiger partial charge in [-0.1, -0.05) is 83.7 Å². The van der Waals surface area contributed by atoms with Gasteiger partial charge in [-0.2, -0.15) is 0 Å². The zero-order valence-electron chi connectivity index (χ0n) is 26.0. The molecule has 0 saturated heterocycles. The molecule has 3 aromatic rings. The number of anilines is 1. The van der Waals surface area contributed by atoms with Gasteiger partial charge in [-0.3, -0.25) is 13.9 Å². The number of hydrogen-bond acceptors (Lipinski definition) is 4. The molecule has 44 heavy (non-hydrogen) atoms. The number of benzene rings is 3. The zero-order valence-corrected chi connectivity index (χ0v) is 28.4. The average molecular weight is 683 g/mol. The van der Waals surface area contributed by atoms with E-state index in [2.05, 4.69) is 21.2 Å². The van der Waals surface area contributed by atoms with Crippen molar-refractivity contribution in [3.05, 3.63) is 99.5 Å². The van der Waals surface area contributed by atoms with Gasteiger partial charge in [0.25, 0.3) is 0 Å². The number of hydrogen-bond donors (Lipinski definition) is 1. The Bertz CT molecular complexity index is 1510. The molecule has 1 aliphatic carbocycles. The quantitative estimate of drug-likeness (QED) is 0.218. The predicted octanol–water partition coefficient (Wildman–Crippen LogP) is 6.70. The van der Waals surface area contributed by atoms with Crippen molar-refractivity contribution < 1.29 is 18.0 Å². The molecule has 0 heterocycles. The number of carbonyl (C=O) groups excluding carboxylic acids is 2. The Balaban J connectivity index is 1.59.